The number of rotatable bonds is 41. The molecule has 0 aromatic carbocycles. The molecule has 0 aliphatic carbocycles. The summed E-state index contributed by atoms with van der Waals surface area (Å²) in [7, 11) is 5.94. The van der Waals surface area contributed by atoms with Crippen LogP contribution >= 0.6 is 0 Å². The molecule has 0 aliphatic rings. The van der Waals surface area contributed by atoms with E-state index in [0.29, 0.717) is 17.4 Å². The van der Waals surface area contributed by atoms with Gasteiger partial charge in [-0.3, -0.25) is 9.59 Å². The van der Waals surface area contributed by atoms with Crippen molar-refractivity contribution in [1.82, 2.24) is 0 Å². The molecule has 0 amide bonds. The Labute approximate surface area is 349 Å². The zero-order valence-corrected chi connectivity index (χ0v) is 37.2. The molecule has 9 heteroatoms. The minimum atomic E-state index is -1.51. The van der Waals surface area contributed by atoms with Gasteiger partial charge < -0.3 is 28.5 Å². The van der Waals surface area contributed by atoms with Crippen LogP contribution in [0.4, 0.5) is 0 Å². The second-order valence-corrected chi connectivity index (χ2v) is 16.4. The molecule has 0 spiro atoms. The van der Waals surface area contributed by atoms with E-state index in [2.05, 4.69) is 62.5 Å². The van der Waals surface area contributed by atoms with Crippen LogP contribution in [0.1, 0.15) is 181 Å². The number of ether oxygens (including phenoxy) is 4. The highest BCUT2D eigenvalue weighted by molar-refractivity contribution is 5.71. The van der Waals surface area contributed by atoms with Gasteiger partial charge in [0.05, 0.1) is 34.4 Å². The number of carbonyl (C=O) groups is 3. The van der Waals surface area contributed by atoms with Crippen molar-refractivity contribution in [3.63, 3.8) is 0 Å². The second-order valence-electron chi connectivity index (χ2n) is 16.4. The van der Waals surface area contributed by atoms with Gasteiger partial charge in [0, 0.05) is 12.8 Å². The summed E-state index contributed by atoms with van der Waals surface area (Å²) in [4.78, 5) is 37.1. The second kappa shape index (κ2) is 40.0. The third-order valence-electron chi connectivity index (χ3n) is 9.56. The highest BCUT2D eigenvalue weighted by Crippen LogP contribution is 2.13. The molecule has 0 saturated heterocycles. The summed E-state index contributed by atoms with van der Waals surface area (Å²) < 4.78 is 22.7. The predicted octanol–water partition coefficient (Wildman–Crippen LogP) is 12.0. The van der Waals surface area contributed by atoms with Crippen LogP contribution in [0.25, 0.3) is 0 Å². The maximum atomic E-state index is 12.8. The van der Waals surface area contributed by atoms with E-state index in [1.807, 2.05) is 21.1 Å². The number of likely N-dealkylation sites (N-methyl/N-ethyl adjacent to an activating group) is 1. The average Bonchev–Trinajstić information content (AvgIpc) is 3.17. The fourth-order valence-corrected chi connectivity index (χ4v) is 5.94. The summed E-state index contributed by atoms with van der Waals surface area (Å²) >= 11 is 0. The van der Waals surface area contributed by atoms with Gasteiger partial charge in [0.25, 0.3) is 6.29 Å². The highest BCUT2D eigenvalue weighted by atomic mass is 16.7. The molecule has 0 radical (unpaired) electrons. The Balaban J connectivity index is 4.47. The van der Waals surface area contributed by atoms with Gasteiger partial charge in [-0.25, -0.2) is 4.79 Å². The van der Waals surface area contributed by atoms with Gasteiger partial charge in [-0.05, 0) is 70.6 Å². The van der Waals surface area contributed by atoms with Crippen molar-refractivity contribution in [2.45, 2.75) is 193 Å². The zero-order valence-electron chi connectivity index (χ0n) is 37.2. The molecule has 0 fully saturated rings. The minimum Gasteiger partial charge on any atom is -0.477 e. The maximum absolute atomic E-state index is 12.8. The van der Waals surface area contributed by atoms with Crippen molar-refractivity contribution < 1.29 is 42.9 Å². The lowest BCUT2D eigenvalue weighted by Crippen LogP contribution is -2.40. The van der Waals surface area contributed by atoms with Crippen LogP contribution in [0.5, 0.6) is 0 Å². The lowest BCUT2D eigenvalue weighted by Gasteiger charge is -2.25. The van der Waals surface area contributed by atoms with Crippen molar-refractivity contribution in [1.29, 1.82) is 0 Å². The lowest BCUT2D eigenvalue weighted by molar-refractivity contribution is -0.870. The first-order chi connectivity index (χ1) is 27.6. The van der Waals surface area contributed by atoms with Gasteiger partial charge in [-0.15, -0.1) is 0 Å². The van der Waals surface area contributed by atoms with Crippen molar-refractivity contribution in [2.75, 3.05) is 47.5 Å². The van der Waals surface area contributed by atoms with Gasteiger partial charge in [-0.1, -0.05) is 146 Å². The third-order valence-corrected chi connectivity index (χ3v) is 9.56. The highest BCUT2D eigenvalue weighted by Gasteiger charge is 2.25. The summed E-state index contributed by atoms with van der Waals surface area (Å²) in [5, 5.41) is 9.63. The fraction of sp³-hybridized carbons (Fsp3) is 0.771. The van der Waals surface area contributed by atoms with Crippen LogP contribution in [-0.4, -0.2) is 87.4 Å². The minimum absolute atomic E-state index is 0.182. The number of esters is 2. The van der Waals surface area contributed by atoms with Gasteiger partial charge >= 0.3 is 17.9 Å². The van der Waals surface area contributed by atoms with E-state index in [-0.39, 0.29) is 38.6 Å². The summed E-state index contributed by atoms with van der Waals surface area (Å²) in [6.07, 6.45) is 43.0. The number of hydrogen-bond donors (Lipinski definition) is 1. The van der Waals surface area contributed by atoms with Crippen molar-refractivity contribution in [2.24, 2.45) is 0 Å². The summed E-state index contributed by atoms with van der Waals surface area (Å²) in [6.45, 7) is 4.78. The zero-order chi connectivity index (χ0) is 42.1. The van der Waals surface area contributed by atoms with Crippen LogP contribution in [-0.2, 0) is 33.3 Å². The number of hydrogen-bond acceptors (Lipinski definition) is 7. The SMILES string of the molecule is CCCC/C=C\C/C=C\CCCCCCCC(=O)OCC(COC(OCC[N+](C)(C)C)C(=O)O)OC(=O)CCCCCCCCC/C=C\C/C=C\CCCCCC. The molecule has 0 aliphatic heterocycles. The van der Waals surface area contributed by atoms with Crippen molar-refractivity contribution in [3.05, 3.63) is 48.6 Å². The first-order valence-corrected chi connectivity index (χ1v) is 22.8. The number of carbonyl (C=O) groups excluding carboxylic acids is 2. The Morgan fingerprint density at radius 2 is 0.965 bits per heavy atom. The molecule has 0 aromatic rings. The Hall–Kier alpha value is -2.75. The Bertz CT molecular complexity index is 1080. The van der Waals surface area contributed by atoms with Gasteiger partial charge in [0.2, 0.25) is 0 Å². The number of carboxylic acid groups (broad SMARTS) is 1. The molecule has 0 saturated carbocycles. The van der Waals surface area contributed by atoms with E-state index >= 15 is 0 Å². The van der Waals surface area contributed by atoms with Gasteiger partial charge in [0.15, 0.2) is 6.10 Å². The molecule has 0 aromatic heterocycles. The van der Waals surface area contributed by atoms with Gasteiger partial charge in [0.1, 0.15) is 13.2 Å². The Morgan fingerprint density at radius 3 is 1.44 bits per heavy atom. The third kappa shape index (κ3) is 41.2. The molecule has 0 bridgehead atoms. The monoisotopic (exact) mass is 805 g/mol. The molecular formula is C48H86NO8+. The number of aliphatic carboxylic acids is 1. The first kappa shape index (κ1) is 54.2. The Morgan fingerprint density at radius 1 is 0.526 bits per heavy atom. The lowest BCUT2D eigenvalue weighted by atomic mass is 10.1. The van der Waals surface area contributed by atoms with E-state index in [9.17, 15) is 19.5 Å². The molecule has 57 heavy (non-hydrogen) atoms. The summed E-state index contributed by atoms with van der Waals surface area (Å²) in [5.41, 5.74) is 0. The van der Waals surface area contributed by atoms with Crippen LogP contribution in [0.3, 0.4) is 0 Å². The average molecular weight is 805 g/mol. The van der Waals surface area contributed by atoms with E-state index in [4.69, 9.17) is 18.9 Å². The topological polar surface area (TPSA) is 108 Å². The number of nitrogens with zero attached hydrogens (tertiary/aromatic N) is 1. The number of allylic oxidation sites excluding steroid dienone is 8. The standard InChI is InChI=1S/C48H85NO8/c1-6-8-10-12-14-16-18-20-22-23-24-25-27-29-31-33-35-37-39-46(51)57-44(43-56-48(47(52)53)54-41-40-49(3,4)5)42-55-45(50)38-36-34-32-30-28-26-21-19-17-15-13-11-9-7-2/h13,15-16,18-19,21-23,44,48H,6-12,14,17,20,24-43H2,1-5H3/p+1/b15-13-,18-16-,21-19-,23-22-. The van der Waals surface area contributed by atoms with Gasteiger partial charge in [-0.2, -0.15) is 0 Å². The molecule has 2 atom stereocenters. The van der Waals surface area contributed by atoms with Crippen LogP contribution in [0, 0.1) is 0 Å². The molecule has 0 heterocycles. The number of quaternary nitrogens is 1. The Kier molecular flexibility index (Phi) is 38.1. The van der Waals surface area contributed by atoms with Crippen molar-refractivity contribution >= 4 is 17.9 Å². The summed E-state index contributed by atoms with van der Waals surface area (Å²) in [5.74, 6) is -2.04. The van der Waals surface area contributed by atoms with E-state index in [1.165, 1.54) is 64.2 Å². The van der Waals surface area contributed by atoms with Crippen LogP contribution < -0.4 is 0 Å². The maximum Gasteiger partial charge on any atom is 0.361 e. The normalized spacial score (nSPS) is 13.4. The quantitative estimate of drug-likeness (QED) is 0.0214. The molecule has 330 valence electrons. The van der Waals surface area contributed by atoms with E-state index in [1.54, 1.807) is 0 Å². The molecular weight excluding hydrogens is 719 g/mol. The molecule has 0 rings (SSSR count). The van der Waals surface area contributed by atoms with Crippen LogP contribution in [0.15, 0.2) is 48.6 Å². The molecule has 9 nitrogen and oxygen atoms in total. The molecule has 2 unspecified atom stereocenters. The fourth-order valence-electron chi connectivity index (χ4n) is 5.94. The van der Waals surface area contributed by atoms with E-state index in [0.717, 1.165) is 83.5 Å². The van der Waals surface area contributed by atoms with Crippen LogP contribution in [0.2, 0.25) is 0 Å². The van der Waals surface area contributed by atoms with E-state index < -0.39 is 24.3 Å². The van der Waals surface area contributed by atoms with Crippen molar-refractivity contribution in [3.8, 4) is 0 Å². The smallest absolute Gasteiger partial charge is 0.361 e. The molecule has 1 N–H and O–H groups in total. The first-order valence-electron chi connectivity index (χ1n) is 22.8. The number of carboxylic acids is 1. The predicted molar refractivity (Wildman–Crippen MR) is 235 cm³/mol. The largest absolute Gasteiger partial charge is 0.477 e. The summed E-state index contributed by atoms with van der Waals surface area (Å²) in [6, 6.07) is 0. The number of unbranched alkanes of at least 4 members (excludes halogenated alkanes) is 18.